The summed E-state index contributed by atoms with van der Waals surface area (Å²) in [7, 11) is 0. The van der Waals surface area contributed by atoms with Gasteiger partial charge in [0.25, 0.3) is 0 Å². The van der Waals surface area contributed by atoms with Crippen LogP contribution in [-0.4, -0.2) is 21.4 Å². The number of hydrogen-bond acceptors (Lipinski definition) is 4. The molecular weight excluding hydrogens is 156 g/mol. The predicted molar refractivity (Wildman–Crippen MR) is 43.7 cm³/mol. The maximum Gasteiger partial charge on any atom is 0.226 e. The zero-order valence-corrected chi connectivity index (χ0v) is 7.45. The van der Waals surface area contributed by atoms with Crippen molar-refractivity contribution in [3.05, 3.63) is 11.7 Å². The van der Waals surface area contributed by atoms with Gasteiger partial charge in [0.2, 0.25) is 5.89 Å². The maximum absolute atomic E-state index is 9.02. The van der Waals surface area contributed by atoms with E-state index >= 15 is 0 Å². The van der Waals surface area contributed by atoms with E-state index < -0.39 is 6.10 Å². The summed E-state index contributed by atoms with van der Waals surface area (Å²) in [6, 6.07) is 0. The van der Waals surface area contributed by atoms with Gasteiger partial charge in [0.15, 0.2) is 5.82 Å². The van der Waals surface area contributed by atoms with Crippen LogP contribution >= 0.6 is 0 Å². The Kier molecular flexibility index (Phi) is 3.22. The van der Waals surface area contributed by atoms with Gasteiger partial charge in [-0.25, -0.2) is 0 Å². The predicted octanol–water partition coefficient (Wildman–Crippen LogP) is 0.945. The van der Waals surface area contributed by atoms with Gasteiger partial charge in [0, 0.05) is 12.8 Å². The molecule has 1 unspecified atom stereocenters. The molecular formula is C8H14N2O2. The van der Waals surface area contributed by atoms with E-state index in [0.717, 1.165) is 12.8 Å². The monoisotopic (exact) mass is 170 g/mol. The maximum atomic E-state index is 9.02. The molecule has 0 spiro atoms. The van der Waals surface area contributed by atoms with Crippen LogP contribution in [0.3, 0.4) is 0 Å². The van der Waals surface area contributed by atoms with Crippen LogP contribution in [0.25, 0.3) is 0 Å². The molecule has 0 amide bonds. The second-order valence-corrected chi connectivity index (χ2v) is 2.91. The molecule has 68 valence electrons. The first-order valence-corrected chi connectivity index (χ1v) is 4.22. The van der Waals surface area contributed by atoms with Gasteiger partial charge >= 0.3 is 0 Å². The lowest BCUT2D eigenvalue weighted by Gasteiger charge is -1.95. The highest BCUT2D eigenvalue weighted by atomic mass is 16.5. The van der Waals surface area contributed by atoms with Crippen LogP contribution < -0.4 is 0 Å². The molecule has 1 atom stereocenters. The lowest BCUT2D eigenvalue weighted by molar-refractivity contribution is 0.191. The highest BCUT2D eigenvalue weighted by Gasteiger charge is 2.07. The summed E-state index contributed by atoms with van der Waals surface area (Å²) in [5.41, 5.74) is 0. The largest absolute Gasteiger partial charge is 0.393 e. The minimum absolute atomic E-state index is 0.405. The molecule has 12 heavy (non-hydrogen) atoms. The molecule has 0 saturated carbocycles. The fourth-order valence-electron chi connectivity index (χ4n) is 0.953. The van der Waals surface area contributed by atoms with Gasteiger partial charge in [0.1, 0.15) is 0 Å². The van der Waals surface area contributed by atoms with Gasteiger partial charge in [-0.3, -0.25) is 0 Å². The molecule has 0 aromatic carbocycles. The first kappa shape index (κ1) is 9.19. The van der Waals surface area contributed by atoms with Gasteiger partial charge in [-0.2, -0.15) is 4.98 Å². The van der Waals surface area contributed by atoms with Crippen molar-refractivity contribution in [1.29, 1.82) is 0 Å². The summed E-state index contributed by atoms with van der Waals surface area (Å²) in [6.07, 6.45) is 1.87. The van der Waals surface area contributed by atoms with Gasteiger partial charge in [-0.1, -0.05) is 12.1 Å². The molecule has 0 aliphatic carbocycles. The van der Waals surface area contributed by atoms with Gasteiger partial charge < -0.3 is 9.63 Å². The van der Waals surface area contributed by atoms with Crippen molar-refractivity contribution in [2.45, 2.75) is 39.2 Å². The summed E-state index contributed by atoms with van der Waals surface area (Å²) >= 11 is 0. The van der Waals surface area contributed by atoms with Crippen LogP contribution in [0.4, 0.5) is 0 Å². The third-order valence-corrected chi connectivity index (χ3v) is 1.45. The van der Waals surface area contributed by atoms with E-state index in [1.807, 2.05) is 0 Å². The van der Waals surface area contributed by atoms with E-state index in [1.54, 1.807) is 6.92 Å². The normalized spacial score (nSPS) is 13.2. The van der Waals surface area contributed by atoms with Crippen molar-refractivity contribution >= 4 is 0 Å². The minimum atomic E-state index is -0.405. The van der Waals surface area contributed by atoms with Crippen LogP contribution in [0.5, 0.6) is 0 Å². The average molecular weight is 170 g/mol. The molecule has 0 bridgehead atoms. The van der Waals surface area contributed by atoms with Crippen molar-refractivity contribution in [1.82, 2.24) is 10.1 Å². The van der Waals surface area contributed by atoms with Crippen molar-refractivity contribution in [2.75, 3.05) is 0 Å². The number of aliphatic hydroxyl groups excluding tert-OH is 1. The molecule has 0 aliphatic rings. The first-order chi connectivity index (χ1) is 5.72. The van der Waals surface area contributed by atoms with Crippen molar-refractivity contribution in [2.24, 2.45) is 0 Å². The molecule has 0 fully saturated rings. The Bertz CT molecular complexity index is 233. The Morgan fingerprint density at radius 2 is 2.33 bits per heavy atom. The fourth-order valence-corrected chi connectivity index (χ4v) is 0.953. The second kappa shape index (κ2) is 4.21. The molecule has 0 saturated heterocycles. The Hall–Kier alpha value is -0.900. The summed E-state index contributed by atoms with van der Waals surface area (Å²) in [6.45, 7) is 3.76. The zero-order chi connectivity index (χ0) is 8.97. The molecule has 4 nitrogen and oxygen atoms in total. The molecule has 0 aliphatic heterocycles. The van der Waals surface area contributed by atoms with E-state index in [1.165, 1.54) is 0 Å². The molecule has 1 heterocycles. The Balaban J connectivity index is 2.52. The topological polar surface area (TPSA) is 59.2 Å². The standard InChI is InChI=1S/C8H14N2O2/c1-3-4-8-9-7(10-12-8)5-6(2)11/h6,11H,3-5H2,1-2H3. The fraction of sp³-hybridized carbons (Fsp3) is 0.750. The molecule has 1 aromatic heterocycles. The third kappa shape index (κ3) is 2.62. The third-order valence-electron chi connectivity index (χ3n) is 1.45. The number of aryl methyl sites for hydroxylation is 1. The lowest BCUT2D eigenvalue weighted by Crippen LogP contribution is -2.05. The van der Waals surface area contributed by atoms with E-state index in [9.17, 15) is 0 Å². The highest BCUT2D eigenvalue weighted by Crippen LogP contribution is 2.02. The van der Waals surface area contributed by atoms with E-state index in [0.29, 0.717) is 18.1 Å². The number of nitrogens with zero attached hydrogens (tertiary/aromatic N) is 2. The van der Waals surface area contributed by atoms with Crippen LogP contribution in [0, 0.1) is 0 Å². The Morgan fingerprint density at radius 1 is 1.58 bits per heavy atom. The smallest absolute Gasteiger partial charge is 0.226 e. The summed E-state index contributed by atoms with van der Waals surface area (Å²) in [5, 5.41) is 12.8. The minimum Gasteiger partial charge on any atom is -0.393 e. The summed E-state index contributed by atoms with van der Waals surface area (Å²) in [5.74, 6) is 1.25. The molecule has 4 heteroatoms. The van der Waals surface area contributed by atoms with Gasteiger partial charge in [-0.05, 0) is 13.3 Å². The SMILES string of the molecule is CCCc1nc(CC(C)O)no1. The van der Waals surface area contributed by atoms with E-state index in [-0.39, 0.29) is 0 Å². The summed E-state index contributed by atoms with van der Waals surface area (Å²) < 4.78 is 4.93. The first-order valence-electron chi connectivity index (χ1n) is 4.22. The molecule has 1 rings (SSSR count). The van der Waals surface area contributed by atoms with E-state index in [4.69, 9.17) is 9.63 Å². The number of aliphatic hydroxyl groups is 1. The quantitative estimate of drug-likeness (QED) is 0.730. The van der Waals surface area contributed by atoms with Crippen molar-refractivity contribution < 1.29 is 9.63 Å². The van der Waals surface area contributed by atoms with Gasteiger partial charge in [0.05, 0.1) is 6.10 Å². The average Bonchev–Trinajstić information content (AvgIpc) is 2.36. The van der Waals surface area contributed by atoms with Crippen LogP contribution in [0.15, 0.2) is 4.52 Å². The second-order valence-electron chi connectivity index (χ2n) is 2.91. The molecule has 1 aromatic rings. The zero-order valence-electron chi connectivity index (χ0n) is 7.45. The van der Waals surface area contributed by atoms with Crippen LogP contribution in [0.2, 0.25) is 0 Å². The lowest BCUT2D eigenvalue weighted by atomic mass is 10.3. The molecule has 1 N–H and O–H groups in total. The number of hydrogen-bond donors (Lipinski definition) is 1. The van der Waals surface area contributed by atoms with Crippen LogP contribution in [-0.2, 0) is 12.8 Å². The Morgan fingerprint density at radius 3 is 2.92 bits per heavy atom. The number of aromatic nitrogens is 2. The highest BCUT2D eigenvalue weighted by molar-refractivity contribution is 4.87. The Labute approximate surface area is 71.6 Å². The molecule has 0 radical (unpaired) electrons. The number of rotatable bonds is 4. The van der Waals surface area contributed by atoms with E-state index in [2.05, 4.69) is 17.1 Å². The van der Waals surface area contributed by atoms with Gasteiger partial charge in [-0.15, -0.1) is 0 Å². The summed E-state index contributed by atoms with van der Waals surface area (Å²) in [4.78, 5) is 4.10. The van der Waals surface area contributed by atoms with Crippen molar-refractivity contribution in [3.63, 3.8) is 0 Å². The van der Waals surface area contributed by atoms with Crippen molar-refractivity contribution in [3.8, 4) is 0 Å². The van der Waals surface area contributed by atoms with Crippen LogP contribution in [0.1, 0.15) is 32.0 Å².